The summed E-state index contributed by atoms with van der Waals surface area (Å²) in [6, 6.07) is 9.52. The topological polar surface area (TPSA) is 123 Å². The van der Waals surface area contributed by atoms with Gasteiger partial charge in [-0.05, 0) is 66.0 Å². The first-order valence-corrected chi connectivity index (χ1v) is 11.7. The number of nitrogens with zero attached hydrogens (tertiary/aromatic N) is 1. The predicted molar refractivity (Wildman–Crippen MR) is 174 cm³/mol. The molecule has 7 nitrogen and oxygen atoms in total. The molecule has 1 aliphatic heterocycles. The highest BCUT2D eigenvalue weighted by Crippen LogP contribution is 1.95. The van der Waals surface area contributed by atoms with Gasteiger partial charge in [-0.15, -0.1) is 0 Å². The molecule has 1 aromatic carbocycles. The molecular weight excluding hydrogens is 462 g/mol. The Hall–Kier alpha value is -1.32. The maximum atomic E-state index is 8.54. The van der Waals surface area contributed by atoms with Gasteiger partial charge in [0.05, 0.1) is 19.8 Å². The molecule has 1 fully saturated rings. The van der Waals surface area contributed by atoms with Gasteiger partial charge < -0.3 is 37.3 Å². The van der Waals surface area contributed by atoms with Crippen LogP contribution in [0.5, 0.6) is 0 Å². The number of hydrogen-bond donors (Lipinski definition) is 5. The Morgan fingerprint density at radius 3 is 1.54 bits per heavy atom. The first-order valence-electron chi connectivity index (χ1n) is 11.7. The van der Waals surface area contributed by atoms with E-state index in [1.807, 2.05) is 50.3 Å². The molecule has 0 bridgehead atoms. The summed E-state index contributed by atoms with van der Waals surface area (Å²) in [6.45, 7) is 13.6. The summed E-state index contributed by atoms with van der Waals surface area (Å²) in [6.07, 6.45) is 5.48. The summed E-state index contributed by atoms with van der Waals surface area (Å²) >= 11 is 0. The molecule has 1 aliphatic rings. The zero-order valence-corrected chi connectivity index (χ0v) is 21.5. The van der Waals surface area contributed by atoms with E-state index in [-0.39, 0.29) is 43.7 Å². The molecule has 37 heavy (non-hydrogen) atoms. The van der Waals surface area contributed by atoms with Crippen molar-refractivity contribution < 1.29 is 9.84 Å². The number of benzene rings is 1. The second kappa shape index (κ2) is 51.3. The van der Waals surface area contributed by atoms with Crippen molar-refractivity contribution in [1.82, 2.24) is 10.2 Å². The van der Waals surface area contributed by atoms with Crippen molar-refractivity contribution in [3.05, 3.63) is 47.5 Å². The van der Waals surface area contributed by atoms with Crippen LogP contribution in [0.15, 0.2) is 42.0 Å². The maximum Gasteiger partial charge on any atom is 0.0681 e. The lowest BCUT2D eigenvalue weighted by atomic mass is 10.2. The highest BCUT2D eigenvalue weighted by molar-refractivity contribution is 5.12. The maximum absolute atomic E-state index is 8.54. The number of unbranched alkanes of at least 4 members (excludes halogenated alkanes) is 1. The number of aliphatic hydroxyl groups is 1. The summed E-state index contributed by atoms with van der Waals surface area (Å²) in [4.78, 5) is 2.13. The molecule has 7 heteroatoms. The van der Waals surface area contributed by atoms with E-state index < -0.39 is 0 Å². The van der Waals surface area contributed by atoms with Crippen molar-refractivity contribution in [3.63, 3.8) is 0 Å². The number of allylic oxidation sites excluding steroid dienone is 1. The highest BCUT2D eigenvalue weighted by atomic mass is 16.5. The third-order valence-corrected chi connectivity index (χ3v) is 3.76. The summed E-state index contributed by atoms with van der Waals surface area (Å²) < 4.78 is 5.01. The second-order valence-electron chi connectivity index (χ2n) is 7.61. The third kappa shape index (κ3) is 66.1. The first-order chi connectivity index (χ1) is 15.4. The van der Waals surface area contributed by atoms with Crippen LogP contribution < -0.4 is 22.5 Å². The van der Waals surface area contributed by atoms with E-state index in [2.05, 4.69) is 31.2 Å². The van der Waals surface area contributed by atoms with Gasteiger partial charge in [0.15, 0.2) is 0 Å². The highest BCUT2D eigenvalue weighted by Gasteiger charge is 1.93. The number of hydrogen-bond acceptors (Lipinski definition) is 7. The number of nitrogens with two attached hydrogens (primary N) is 3. The van der Waals surface area contributed by atoms with E-state index in [9.17, 15) is 0 Å². The van der Waals surface area contributed by atoms with Crippen molar-refractivity contribution in [2.24, 2.45) is 17.2 Å². The van der Waals surface area contributed by atoms with Crippen LogP contribution in [-0.2, 0) is 11.3 Å². The minimum atomic E-state index is 0. The quantitative estimate of drug-likeness (QED) is 0.291. The van der Waals surface area contributed by atoms with E-state index in [0.717, 1.165) is 57.9 Å². The molecule has 230 valence electrons. The number of ether oxygens (including phenoxy) is 1. The van der Waals surface area contributed by atoms with Gasteiger partial charge in [-0.25, -0.2) is 0 Å². The molecule has 1 aromatic rings. The Balaban J connectivity index is -0.0000000462. The van der Waals surface area contributed by atoms with E-state index in [4.69, 9.17) is 27.0 Å². The summed E-state index contributed by atoms with van der Waals surface area (Å²) in [5, 5.41) is 11.7. The normalized spacial score (nSPS) is 10.2. The van der Waals surface area contributed by atoms with E-state index in [0.29, 0.717) is 6.54 Å². The fourth-order valence-electron chi connectivity index (χ4n) is 1.95. The molecule has 2 rings (SSSR count). The fraction of sp³-hybridized carbons (Fsp3) is 0.733. The summed E-state index contributed by atoms with van der Waals surface area (Å²) in [5.74, 6) is 0. The van der Waals surface area contributed by atoms with Crippen LogP contribution in [0.4, 0.5) is 0 Å². The lowest BCUT2D eigenvalue weighted by molar-refractivity contribution is 0.109. The first kappa shape index (κ1) is 56.0. The van der Waals surface area contributed by atoms with Crippen LogP contribution in [0.2, 0.25) is 0 Å². The van der Waals surface area contributed by atoms with Gasteiger partial charge in [-0.2, -0.15) is 0 Å². The summed E-state index contributed by atoms with van der Waals surface area (Å²) in [5.41, 5.74) is 17.8. The second-order valence-corrected chi connectivity index (χ2v) is 7.61. The lowest BCUT2D eigenvalue weighted by Crippen LogP contribution is -2.30. The smallest absolute Gasteiger partial charge is 0.0681 e. The van der Waals surface area contributed by atoms with Crippen molar-refractivity contribution in [2.45, 2.75) is 83.8 Å². The van der Waals surface area contributed by atoms with E-state index in [1.54, 1.807) is 0 Å². The molecular formula is C30H73N5O2. The third-order valence-electron chi connectivity index (χ3n) is 3.76. The Bertz CT molecular complexity index is 451. The van der Waals surface area contributed by atoms with Crippen LogP contribution in [0.25, 0.3) is 0 Å². The Kier molecular flexibility index (Phi) is 77.7. The zero-order valence-electron chi connectivity index (χ0n) is 21.5. The number of aliphatic hydroxyl groups excluding tert-OH is 1. The van der Waals surface area contributed by atoms with Crippen LogP contribution in [0.3, 0.4) is 0 Å². The summed E-state index contributed by atoms with van der Waals surface area (Å²) in [7, 11) is 4.10. The van der Waals surface area contributed by atoms with Crippen molar-refractivity contribution in [1.29, 1.82) is 0 Å². The molecule has 0 spiro atoms. The van der Waals surface area contributed by atoms with Gasteiger partial charge in [-0.1, -0.05) is 92.5 Å². The van der Waals surface area contributed by atoms with Gasteiger partial charge in [0.1, 0.15) is 0 Å². The van der Waals surface area contributed by atoms with Crippen molar-refractivity contribution in [3.8, 4) is 0 Å². The number of morpholine rings is 1. The molecule has 0 saturated carbocycles. The van der Waals surface area contributed by atoms with Gasteiger partial charge in [0.25, 0.3) is 0 Å². The van der Waals surface area contributed by atoms with Crippen LogP contribution in [0, 0.1) is 0 Å². The van der Waals surface area contributed by atoms with Gasteiger partial charge in [0, 0.05) is 19.6 Å². The van der Waals surface area contributed by atoms with Crippen LogP contribution >= 0.6 is 0 Å². The molecule has 0 aromatic heterocycles. The van der Waals surface area contributed by atoms with E-state index >= 15 is 0 Å². The van der Waals surface area contributed by atoms with Crippen LogP contribution in [-0.4, -0.2) is 76.6 Å². The van der Waals surface area contributed by atoms with Crippen molar-refractivity contribution >= 4 is 0 Å². The minimum absolute atomic E-state index is 0. The molecule has 0 amide bonds. The lowest BCUT2D eigenvalue weighted by Gasteiger charge is -2.10. The van der Waals surface area contributed by atoms with Gasteiger partial charge >= 0.3 is 0 Å². The SMILES string of the molecule is C.C.C.C.C.C1COCCN1.CC(C)=CCN.CCCCN.CN(C)CCCN.OCc1ccccc1. The van der Waals surface area contributed by atoms with E-state index in [1.165, 1.54) is 18.4 Å². The average molecular weight is 536 g/mol. The molecule has 1 saturated heterocycles. The average Bonchev–Trinajstić information content (AvgIpc) is 2.81. The Labute approximate surface area is 235 Å². The monoisotopic (exact) mass is 536 g/mol. The number of nitrogens with one attached hydrogen (secondary N) is 1. The molecule has 0 aliphatic carbocycles. The van der Waals surface area contributed by atoms with Gasteiger partial charge in [-0.3, -0.25) is 0 Å². The fourth-order valence-corrected chi connectivity index (χ4v) is 1.95. The molecule has 0 unspecified atom stereocenters. The predicted octanol–water partition coefficient (Wildman–Crippen LogP) is 5.52. The molecule has 0 atom stereocenters. The minimum Gasteiger partial charge on any atom is -0.392 e. The number of rotatable bonds is 7. The standard InChI is InChI=1S/C7H8O.C5H14N2.C5H11N.C4H9NO.C4H11N.5CH4/c8-6-7-4-2-1-3-5-7;1-7(2)5-3-4-6;1-5(2)3-4-6;1-3-6-4-2-5-1;1-2-3-4-5;;;;;/h1-5,8H,6H2;3-6H2,1-2H3;3H,4,6H2,1-2H3;5H,1-4H2;2-5H2,1H3;5*1H4. The Morgan fingerprint density at radius 2 is 1.41 bits per heavy atom. The Morgan fingerprint density at radius 1 is 0.919 bits per heavy atom. The largest absolute Gasteiger partial charge is 0.392 e. The zero-order chi connectivity index (χ0) is 24.9. The molecule has 0 radical (unpaired) electrons. The van der Waals surface area contributed by atoms with Gasteiger partial charge in [0.2, 0.25) is 0 Å². The van der Waals surface area contributed by atoms with Crippen LogP contribution in [0.1, 0.15) is 82.7 Å². The molecule has 1 heterocycles. The molecule has 8 N–H and O–H groups in total. The van der Waals surface area contributed by atoms with Crippen molar-refractivity contribution in [2.75, 3.05) is 66.6 Å².